The van der Waals surface area contributed by atoms with Gasteiger partial charge in [0.25, 0.3) is 0 Å². The first-order valence-corrected chi connectivity index (χ1v) is 9.09. The highest BCUT2D eigenvalue weighted by atomic mass is 32.2. The maximum absolute atomic E-state index is 13.2. The third kappa shape index (κ3) is 3.88. The molecule has 1 heterocycles. The normalized spacial score (nSPS) is 19.1. The lowest BCUT2D eigenvalue weighted by atomic mass is 10.1. The van der Waals surface area contributed by atoms with Gasteiger partial charge in [0, 0.05) is 13.5 Å². The second-order valence-corrected chi connectivity index (χ2v) is 7.56. The van der Waals surface area contributed by atoms with E-state index in [0.717, 1.165) is 0 Å². The van der Waals surface area contributed by atoms with Gasteiger partial charge in [-0.05, 0) is 37.1 Å². The van der Waals surface area contributed by atoms with Crippen molar-refractivity contribution in [3.8, 4) is 5.75 Å². The summed E-state index contributed by atoms with van der Waals surface area (Å²) in [5.74, 6) is 0.164. The summed E-state index contributed by atoms with van der Waals surface area (Å²) in [5.41, 5.74) is 1.23. The molecule has 0 aromatic heterocycles. The molecule has 24 heavy (non-hydrogen) atoms. The Morgan fingerprint density at radius 1 is 1.33 bits per heavy atom. The summed E-state index contributed by atoms with van der Waals surface area (Å²) in [6.07, 6.45) is 0. The van der Waals surface area contributed by atoms with Crippen LogP contribution in [0, 0.1) is 13.8 Å². The number of methoxy groups -OCH3 is 1. The molecule has 1 saturated heterocycles. The number of hydrogen-bond acceptors (Lipinski definition) is 6. The summed E-state index contributed by atoms with van der Waals surface area (Å²) < 4.78 is 43.2. The predicted molar refractivity (Wildman–Crippen MR) is 87.6 cm³/mol. The first-order valence-electron chi connectivity index (χ1n) is 7.65. The van der Waals surface area contributed by atoms with Gasteiger partial charge in [-0.3, -0.25) is 4.79 Å². The Kier molecular flexibility index (Phi) is 5.84. The molecule has 2 rings (SSSR count). The number of ether oxygens (including phenoxy) is 3. The topological polar surface area (TPSA) is 82.1 Å². The molecule has 0 radical (unpaired) electrons. The fraction of sp³-hybridized carbons (Fsp3) is 0.562. The van der Waals surface area contributed by atoms with Crippen LogP contribution in [-0.4, -0.2) is 58.2 Å². The Morgan fingerprint density at radius 3 is 2.50 bits per heavy atom. The molecule has 8 heteroatoms. The summed E-state index contributed by atoms with van der Waals surface area (Å²) in [6.45, 7) is 5.47. The molecule has 1 fully saturated rings. The Morgan fingerprint density at radius 2 is 1.96 bits per heavy atom. The van der Waals surface area contributed by atoms with Crippen LogP contribution in [0.3, 0.4) is 0 Å². The van der Waals surface area contributed by atoms with Crippen molar-refractivity contribution in [3.63, 3.8) is 0 Å². The number of aryl methyl sites for hydroxylation is 2. The summed E-state index contributed by atoms with van der Waals surface area (Å²) in [4.78, 5) is 11.3. The van der Waals surface area contributed by atoms with E-state index in [4.69, 9.17) is 14.2 Å². The molecule has 1 atom stereocenters. The van der Waals surface area contributed by atoms with E-state index < -0.39 is 22.0 Å². The molecule has 134 valence electrons. The fourth-order valence-electron chi connectivity index (χ4n) is 2.85. The van der Waals surface area contributed by atoms with Gasteiger partial charge in [-0.1, -0.05) is 0 Å². The number of benzene rings is 1. The van der Waals surface area contributed by atoms with Crippen LogP contribution in [0.2, 0.25) is 0 Å². The molecule has 0 spiro atoms. The standard InChI is InChI=1S/C16H23NO6S/c1-11-7-15(21-4)8-12(2)16(11)24(19,20)17-5-6-22-9-14(17)10-23-13(3)18/h7-8,14H,5-6,9-10H2,1-4H3/t14-/m0/s1. The highest BCUT2D eigenvalue weighted by molar-refractivity contribution is 7.89. The van der Waals surface area contributed by atoms with E-state index in [0.29, 0.717) is 23.5 Å². The van der Waals surface area contributed by atoms with Crippen molar-refractivity contribution >= 4 is 16.0 Å². The Bertz CT molecular complexity index is 692. The summed E-state index contributed by atoms with van der Waals surface area (Å²) in [7, 11) is -2.20. The van der Waals surface area contributed by atoms with Crippen LogP contribution >= 0.6 is 0 Å². The summed E-state index contributed by atoms with van der Waals surface area (Å²) in [6, 6.07) is 2.86. The molecule has 0 amide bonds. The Balaban J connectivity index is 2.39. The van der Waals surface area contributed by atoms with Gasteiger partial charge in [-0.2, -0.15) is 4.31 Å². The van der Waals surface area contributed by atoms with Crippen LogP contribution in [0.15, 0.2) is 17.0 Å². The smallest absolute Gasteiger partial charge is 0.302 e. The van der Waals surface area contributed by atoms with Gasteiger partial charge >= 0.3 is 5.97 Å². The molecule has 1 aromatic carbocycles. The second-order valence-electron chi connectivity index (χ2n) is 5.74. The maximum Gasteiger partial charge on any atom is 0.302 e. The lowest BCUT2D eigenvalue weighted by Crippen LogP contribution is -2.51. The number of hydrogen-bond donors (Lipinski definition) is 0. The van der Waals surface area contributed by atoms with Gasteiger partial charge < -0.3 is 14.2 Å². The van der Waals surface area contributed by atoms with Crippen LogP contribution in [-0.2, 0) is 24.3 Å². The van der Waals surface area contributed by atoms with E-state index >= 15 is 0 Å². The van der Waals surface area contributed by atoms with Crippen LogP contribution < -0.4 is 4.74 Å². The van der Waals surface area contributed by atoms with Gasteiger partial charge in [0.1, 0.15) is 12.4 Å². The van der Waals surface area contributed by atoms with Crippen LogP contribution in [0.5, 0.6) is 5.75 Å². The average Bonchev–Trinajstić information content (AvgIpc) is 2.52. The number of rotatable bonds is 5. The van der Waals surface area contributed by atoms with E-state index in [1.54, 1.807) is 33.1 Å². The minimum absolute atomic E-state index is 0.0250. The first-order chi connectivity index (χ1) is 11.3. The van der Waals surface area contributed by atoms with Crippen molar-refractivity contribution in [3.05, 3.63) is 23.3 Å². The van der Waals surface area contributed by atoms with Crippen LogP contribution in [0.25, 0.3) is 0 Å². The molecule has 0 saturated carbocycles. The number of morpholine rings is 1. The summed E-state index contributed by atoms with van der Waals surface area (Å²) in [5, 5.41) is 0. The lowest BCUT2D eigenvalue weighted by Gasteiger charge is -2.34. The van der Waals surface area contributed by atoms with Crippen molar-refractivity contribution in [2.75, 3.05) is 33.5 Å². The largest absolute Gasteiger partial charge is 0.497 e. The zero-order chi connectivity index (χ0) is 17.9. The number of carbonyl (C=O) groups excluding carboxylic acids is 1. The minimum Gasteiger partial charge on any atom is -0.497 e. The Labute approximate surface area is 142 Å². The third-order valence-corrected chi connectivity index (χ3v) is 6.15. The van der Waals surface area contributed by atoms with Crippen molar-refractivity contribution in [2.45, 2.75) is 31.7 Å². The molecule has 1 aliphatic rings. The molecule has 1 aromatic rings. The molecular formula is C16H23NO6S. The van der Waals surface area contributed by atoms with Gasteiger partial charge in [-0.15, -0.1) is 0 Å². The van der Waals surface area contributed by atoms with Crippen molar-refractivity contribution < 1.29 is 27.4 Å². The first kappa shape index (κ1) is 18.7. The van der Waals surface area contributed by atoms with E-state index in [1.165, 1.54) is 11.2 Å². The molecular weight excluding hydrogens is 334 g/mol. The van der Waals surface area contributed by atoms with E-state index in [2.05, 4.69) is 0 Å². The average molecular weight is 357 g/mol. The predicted octanol–water partition coefficient (Wildman–Crippen LogP) is 1.26. The number of esters is 1. The number of carbonyl (C=O) groups is 1. The highest BCUT2D eigenvalue weighted by Crippen LogP contribution is 2.30. The molecule has 0 N–H and O–H groups in total. The van der Waals surface area contributed by atoms with Gasteiger partial charge in [0.05, 0.1) is 31.3 Å². The second kappa shape index (κ2) is 7.50. The molecule has 0 unspecified atom stereocenters. The zero-order valence-electron chi connectivity index (χ0n) is 14.4. The van der Waals surface area contributed by atoms with Crippen LogP contribution in [0.1, 0.15) is 18.1 Å². The maximum atomic E-state index is 13.2. The third-order valence-electron chi connectivity index (χ3n) is 3.89. The minimum atomic E-state index is -3.74. The van der Waals surface area contributed by atoms with E-state index in [9.17, 15) is 13.2 Å². The zero-order valence-corrected chi connectivity index (χ0v) is 15.2. The molecule has 7 nitrogen and oxygen atoms in total. The van der Waals surface area contributed by atoms with Gasteiger partial charge in [-0.25, -0.2) is 8.42 Å². The van der Waals surface area contributed by atoms with Gasteiger partial charge in [0.15, 0.2) is 0 Å². The Hall–Kier alpha value is -1.64. The van der Waals surface area contributed by atoms with Crippen molar-refractivity contribution in [2.24, 2.45) is 0 Å². The van der Waals surface area contributed by atoms with Crippen molar-refractivity contribution in [1.82, 2.24) is 4.31 Å². The highest BCUT2D eigenvalue weighted by Gasteiger charge is 2.36. The fourth-order valence-corrected chi connectivity index (χ4v) is 4.85. The van der Waals surface area contributed by atoms with E-state index in [-0.39, 0.29) is 24.7 Å². The van der Waals surface area contributed by atoms with Gasteiger partial charge in [0.2, 0.25) is 10.0 Å². The molecule has 0 bridgehead atoms. The number of sulfonamides is 1. The SMILES string of the molecule is COc1cc(C)c(S(=O)(=O)N2CCOC[C@H]2COC(C)=O)c(C)c1. The van der Waals surface area contributed by atoms with Crippen molar-refractivity contribution in [1.29, 1.82) is 0 Å². The molecule has 0 aliphatic carbocycles. The molecule has 1 aliphatic heterocycles. The van der Waals surface area contributed by atoms with E-state index in [1.807, 2.05) is 0 Å². The number of nitrogens with zero attached hydrogens (tertiary/aromatic N) is 1. The van der Waals surface area contributed by atoms with Crippen LogP contribution in [0.4, 0.5) is 0 Å². The summed E-state index contributed by atoms with van der Waals surface area (Å²) >= 11 is 0. The quantitative estimate of drug-likeness (QED) is 0.738. The monoisotopic (exact) mass is 357 g/mol. The lowest BCUT2D eigenvalue weighted by molar-refractivity contribution is -0.143.